The molecular weight excluding hydrogens is 621 g/mol. The predicted octanol–water partition coefficient (Wildman–Crippen LogP) is 4.68. The summed E-state index contributed by atoms with van der Waals surface area (Å²) in [6, 6.07) is 9.47. The molecule has 246 valence electrons. The summed E-state index contributed by atoms with van der Waals surface area (Å²) < 4.78 is 38.7. The first-order chi connectivity index (χ1) is 21.4. The van der Waals surface area contributed by atoms with Gasteiger partial charge in [0.25, 0.3) is 0 Å². The number of nitrogens with zero attached hydrogens (tertiary/aromatic N) is 4. The first-order valence-electron chi connectivity index (χ1n) is 14.8. The molecule has 0 bridgehead atoms. The molecule has 1 aromatic carbocycles. The summed E-state index contributed by atoms with van der Waals surface area (Å²) in [4.78, 5) is 37.3. The van der Waals surface area contributed by atoms with Crippen LogP contribution < -0.4 is 16.1 Å². The Morgan fingerprint density at radius 1 is 1.20 bits per heavy atom. The number of nitrogens with one attached hydrogen (secondary N) is 2. The summed E-state index contributed by atoms with van der Waals surface area (Å²) in [5.41, 5.74) is 7.07. The molecule has 1 aliphatic heterocycles. The topological polar surface area (TPSA) is 182 Å². The van der Waals surface area contributed by atoms with E-state index in [0.717, 1.165) is 17.3 Å². The molecule has 1 fully saturated rings. The van der Waals surface area contributed by atoms with Gasteiger partial charge >= 0.3 is 13.8 Å². The van der Waals surface area contributed by atoms with Gasteiger partial charge in [-0.2, -0.15) is 0 Å². The second-order valence-corrected chi connectivity index (χ2v) is 14.6. The zero-order valence-electron chi connectivity index (χ0n) is 26.2. The van der Waals surface area contributed by atoms with E-state index in [1.807, 2.05) is 41.8 Å². The van der Waals surface area contributed by atoms with E-state index in [-0.39, 0.29) is 61.5 Å². The smallest absolute Gasteiger partial charge is 0.407 e. The lowest BCUT2D eigenvalue weighted by Crippen LogP contribution is -2.39. The fourth-order valence-electron chi connectivity index (χ4n) is 4.62. The number of carbonyl (C=O) groups is 2. The third kappa shape index (κ3) is 9.71. The van der Waals surface area contributed by atoms with Crippen LogP contribution in [0.15, 0.2) is 43.0 Å². The molecule has 3 heterocycles. The Morgan fingerprint density at radius 3 is 2.69 bits per heavy atom. The van der Waals surface area contributed by atoms with E-state index in [1.165, 1.54) is 6.33 Å². The molecule has 0 aliphatic carbocycles. The highest BCUT2D eigenvalue weighted by atomic mass is 32.2. The Hall–Kier alpha value is -3.07. The van der Waals surface area contributed by atoms with Crippen LogP contribution in [0.3, 0.4) is 0 Å². The molecule has 4 N–H and O–H groups in total. The second-order valence-electron chi connectivity index (χ2n) is 11.7. The van der Waals surface area contributed by atoms with Gasteiger partial charge in [0.05, 0.1) is 37.2 Å². The van der Waals surface area contributed by atoms with Crippen molar-refractivity contribution in [1.29, 1.82) is 0 Å². The number of alkyl carbamates (subject to hydrolysis) is 1. The number of ether oxygens (including phenoxy) is 2. The van der Waals surface area contributed by atoms with Crippen LogP contribution in [0.1, 0.15) is 52.8 Å². The van der Waals surface area contributed by atoms with Gasteiger partial charge in [0.15, 0.2) is 16.6 Å². The number of nitrogens with two attached hydrogens (primary N) is 1. The largest absolute Gasteiger partial charge is 0.447 e. The van der Waals surface area contributed by atoms with Crippen molar-refractivity contribution >= 4 is 47.7 Å². The molecule has 4 unspecified atom stereocenters. The monoisotopic (exact) mass is 663 g/mol. The number of thioether (sulfide) groups is 1. The standard InChI is InChI=1S/C29H42N7O7PS/c1-19(2)42-28(38)31-16-29(4,5)27(37)45-12-11-40-44(39,35-14-21-9-7-6-8-10-21)41-15-22-13-20(3)26(43-22)36-18-34-23-24(30)32-17-33-25(23)36/h6-10,17-20,22,26H,11-16H2,1-5H3,(H,31,38)(H,35,39)(H2,30,32,33). The van der Waals surface area contributed by atoms with Gasteiger partial charge in [-0.3, -0.25) is 18.4 Å². The summed E-state index contributed by atoms with van der Waals surface area (Å²) in [5, 5.41) is 5.41. The number of benzene rings is 1. The molecule has 4 rings (SSSR count). The summed E-state index contributed by atoms with van der Waals surface area (Å²) in [6.45, 7) is 9.37. The molecular formula is C29H42N7O7PS. The second kappa shape index (κ2) is 15.5. The van der Waals surface area contributed by atoms with Crippen LogP contribution in [0.4, 0.5) is 10.6 Å². The maximum absolute atomic E-state index is 13.8. The van der Waals surface area contributed by atoms with Crippen molar-refractivity contribution in [1.82, 2.24) is 29.9 Å². The fourth-order valence-corrected chi connectivity index (χ4v) is 6.89. The molecule has 2 aromatic heterocycles. The minimum atomic E-state index is -3.81. The van der Waals surface area contributed by atoms with E-state index in [0.29, 0.717) is 23.4 Å². The van der Waals surface area contributed by atoms with E-state index < -0.39 is 19.3 Å². The number of imidazole rings is 1. The number of anilines is 1. The van der Waals surface area contributed by atoms with Gasteiger partial charge < -0.3 is 20.5 Å². The normalized spacial score (nSPS) is 19.9. The van der Waals surface area contributed by atoms with E-state index in [9.17, 15) is 14.2 Å². The highest BCUT2D eigenvalue weighted by molar-refractivity contribution is 8.13. The van der Waals surface area contributed by atoms with Gasteiger partial charge in [0, 0.05) is 24.8 Å². The Kier molecular flexibility index (Phi) is 12.0. The number of fused-ring (bicyclic) bond motifs is 1. The summed E-state index contributed by atoms with van der Waals surface area (Å²) >= 11 is 1.04. The Morgan fingerprint density at radius 2 is 1.96 bits per heavy atom. The van der Waals surface area contributed by atoms with Crippen molar-refractivity contribution in [3.05, 3.63) is 48.5 Å². The van der Waals surface area contributed by atoms with E-state index in [4.69, 9.17) is 24.3 Å². The molecule has 1 amide bonds. The third-order valence-electron chi connectivity index (χ3n) is 7.01. The molecule has 1 aliphatic rings. The van der Waals surface area contributed by atoms with Crippen molar-refractivity contribution in [3.63, 3.8) is 0 Å². The van der Waals surface area contributed by atoms with E-state index in [2.05, 4.69) is 25.4 Å². The molecule has 14 nitrogen and oxygen atoms in total. The van der Waals surface area contributed by atoms with Crippen molar-refractivity contribution in [2.75, 3.05) is 31.2 Å². The maximum Gasteiger partial charge on any atom is 0.407 e. The minimum Gasteiger partial charge on any atom is -0.447 e. The Balaban J connectivity index is 1.32. The van der Waals surface area contributed by atoms with Crippen LogP contribution in [0.5, 0.6) is 0 Å². The lowest BCUT2D eigenvalue weighted by Gasteiger charge is -2.24. The van der Waals surface area contributed by atoms with Gasteiger partial charge in [-0.25, -0.2) is 29.4 Å². The summed E-state index contributed by atoms with van der Waals surface area (Å²) in [6.07, 6.45) is 2.07. The molecule has 16 heteroatoms. The van der Waals surface area contributed by atoms with Crippen LogP contribution in [-0.2, 0) is 34.4 Å². The number of nitrogen functional groups attached to an aromatic ring is 1. The van der Waals surface area contributed by atoms with Crippen molar-refractivity contribution < 1.29 is 32.7 Å². The number of rotatable bonds is 15. The number of aromatic nitrogens is 4. The van der Waals surface area contributed by atoms with Gasteiger partial charge in [0.1, 0.15) is 18.1 Å². The van der Waals surface area contributed by atoms with Gasteiger partial charge in [-0.05, 0) is 25.8 Å². The predicted molar refractivity (Wildman–Crippen MR) is 171 cm³/mol. The lowest BCUT2D eigenvalue weighted by atomic mass is 9.96. The number of carbonyl (C=O) groups excluding carboxylic acids is 2. The average Bonchev–Trinajstić information content (AvgIpc) is 3.60. The number of hydrogen-bond acceptors (Lipinski definition) is 12. The zero-order valence-corrected chi connectivity index (χ0v) is 27.9. The van der Waals surface area contributed by atoms with Crippen LogP contribution in [-0.4, -0.2) is 68.4 Å². The first-order valence-corrected chi connectivity index (χ1v) is 17.3. The molecule has 45 heavy (non-hydrogen) atoms. The Bertz CT molecular complexity index is 1490. The molecule has 0 saturated carbocycles. The molecule has 0 radical (unpaired) electrons. The highest BCUT2D eigenvalue weighted by Gasteiger charge is 2.37. The molecule has 3 aromatic rings. The lowest BCUT2D eigenvalue weighted by molar-refractivity contribution is -0.117. The van der Waals surface area contributed by atoms with Crippen molar-refractivity contribution in [2.45, 2.75) is 66.0 Å². The van der Waals surface area contributed by atoms with E-state index >= 15 is 0 Å². The molecule has 4 atom stereocenters. The average molecular weight is 664 g/mol. The highest BCUT2D eigenvalue weighted by Crippen LogP contribution is 2.46. The van der Waals surface area contributed by atoms with Crippen molar-refractivity contribution in [2.24, 2.45) is 11.3 Å². The van der Waals surface area contributed by atoms with Gasteiger partial charge in [-0.15, -0.1) is 0 Å². The Labute approximate surface area is 267 Å². The quantitative estimate of drug-likeness (QED) is 0.151. The number of hydrogen-bond donors (Lipinski definition) is 3. The number of amides is 1. The van der Waals surface area contributed by atoms with Crippen LogP contribution >= 0.6 is 19.5 Å². The zero-order chi connectivity index (χ0) is 32.6. The van der Waals surface area contributed by atoms with E-state index in [1.54, 1.807) is 34.0 Å². The van der Waals surface area contributed by atoms with Crippen LogP contribution in [0.25, 0.3) is 11.2 Å². The maximum atomic E-state index is 13.8. The minimum absolute atomic E-state index is 0.0128. The van der Waals surface area contributed by atoms with Crippen LogP contribution in [0.2, 0.25) is 0 Å². The van der Waals surface area contributed by atoms with Crippen molar-refractivity contribution in [3.8, 4) is 0 Å². The summed E-state index contributed by atoms with van der Waals surface area (Å²) in [5.74, 6) is 0.604. The fraction of sp³-hybridized carbons (Fsp3) is 0.552. The van der Waals surface area contributed by atoms with Crippen LogP contribution in [0, 0.1) is 11.3 Å². The molecule has 1 saturated heterocycles. The van der Waals surface area contributed by atoms with Gasteiger partial charge in [0.2, 0.25) is 0 Å². The first kappa shape index (κ1) is 34.8. The third-order valence-corrected chi connectivity index (χ3v) is 9.75. The van der Waals surface area contributed by atoms with Gasteiger partial charge in [-0.1, -0.05) is 62.9 Å². The molecule has 0 spiro atoms. The summed E-state index contributed by atoms with van der Waals surface area (Å²) in [7, 11) is -3.81. The SMILES string of the molecule is CC(C)OC(=O)NCC(C)(C)C(=O)SCCOP(=O)(NCc1ccccc1)OCC1CC(C)C(n2cnc3c(N)ncnc32)O1.